The number of hydrogen-bond acceptors (Lipinski definition) is 6. The third-order valence-electron chi connectivity index (χ3n) is 2.95. The molecule has 5 nitrogen and oxygen atoms in total. The minimum Gasteiger partial charge on any atom is -0.462 e. The third kappa shape index (κ3) is 3.52. The van der Waals surface area contributed by atoms with Crippen LogP contribution in [-0.4, -0.2) is 17.6 Å². The van der Waals surface area contributed by atoms with Crippen LogP contribution in [0.15, 0.2) is 29.8 Å². The summed E-state index contributed by atoms with van der Waals surface area (Å²) in [7, 11) is 0. The molecule has 3 N–H and O–H groups in total. The van der Waals surface area contributed by atoms with Gasteiger partial charge in [0.05, 0.1) is 17.7 Å². The van der Waals surface area contributed by atoms with Gasteiger partial charge in [-0.1, -0.05) is 0 Å². The highest BCUT2D eigenvalue weighted by molar-refractivity contribution is 7.09. The number of thiazole rings is 1. The highest BCUT2D eigenvalue weighted by Gasteiger charge is 2.25. The molecule has 1 aromatic carbocycles. The van der Waals surface area contributed by atoms with Crippen molar-refractivity contribution in [2.24, 2.45) is 0 Å². The van der Waals surface area contributed by atoms with Crippen LogP contribution >= 0.6 is 11.3 Å². The summed E-state index contributed by atoms with van der Waals surface area (Å²) in [5, 5.41) is 6.21. The first-order valence-corrected chi connectivity index (χ1v) is 7.57. The summed E-state index contributed by atoms with van der Waals surface area (Å²) in [5.41, 5.74) is 7.02. The van der Waals surface area contributed by atoms with Gasteiger partial charge in [0.15, 0.2) is 0 Å². The zero-order valence-corrected chi connectivity index (χ0v) is 13.2. The first-order chi connectivity index (χ1) is 9.94. The second-order valence-corrected chi connectivity index (χ2v) is 6.01. The topological polar surface area (TPSA) is 77.2 Å². The normalized spacial score (nSPS) is 11.2. The Balaban J connectivity index is 2.33. The molecule has 112 valence electrons. The minimum absolute atomic E-state index is 0.322. The zero-order valence-electron chi connectivity index (χ0n) is 12.3. The smallest absolute Gasteiger partial charge is 0.340 e. The minimum atomic E-state index is -0.397. The molecule has 21 heavy (non-hydrogen) atoms. The molecular formula is C15H19N3O2S. The van der Waals surface area contributed by atoms with Crippen molar-refractivity contribution in [1.82, 2.24) is 4.98 Å². The number of carbonyl (C=O) groups excluding carboxylic acids is 1. The fourth-order valence-electron chi connectivity index (χ4n) is 1.97. The summed E-state index contributed by atoms with van der Waals surface area (Å²) in [4.78, 5) is 16.4. The van der Waals surface area contributed by atoms with Crippen LogP contribution in [0, 0.1) is 0 Å². The molecule has 0 fully saturated rings. The number of nitrogen functional groups attached to an aromatic ring is 1. The maximum atomic E-state index is 12.1. The van der Waals surface area contributed by atoms with E-state index in [1.807, 2.05) is 19.2 Å². The van der Waals surface area contributed by atoms with Crippen LogP contribution < -0.4 is 11.1 Å². The standard InChI is InChI=1S/C15H19N3O2S/c1-4-20-13(19)11-9-10(16)5-6-12(11)18-15(2,3)14-17-7-8-21-14/h5-9,18H,4,16H2,1-3H3. The monoisotopic (exact) mass is 305 g/mol. The number of aromatic nitrogens is 1. The van der Waals surface area contributed by atoms with E-state index in [-0.39, 0.29) is 5.97 Å². The molecule has 0 aliphatic heterocycles. The van der Waals surface area contributed by atoms with Gasteiger partial charge in [0.25, 0.3) is 0 Å². The Hall–Kier alpha value is -2.08. The molecule has 1 heterocycles. The molecule has 0 aliphatic carbocycles. The number of benzene rings is 1. The van der Waals surface area contributed by atoms with Crippen molar-refractivity contribution in [2.75, 3.05) is 17.7 Å². The molecule has 0 saturated heterocycles. The van der Waals surface area contributed by atoms with Crippen LogP contribution in [-0.2, 0) is 10.3 Å². The number of esters is 1. The number of carbonyl (C=O) groups is 1. The second kappa shape index (κ2) is 6.13. The molecule has 0 unspecified atom stereocenters. The van der Waals surface area contributed by atoms with Gasteiger partial charge in [-0.05, 0) is 39.0 Å². The lowest BCUT2D eigenvalue weighted by atomic mass is 10.0. The predicted molar refractivity (Wildman–Crippen MR) is 85.6 cm³/mol. The highest BCUT2D eigenvalue weighted by atomic mass is 32.1. The first kappa shape index (κ1) is 15.3. The highest BCUT2D eigenvalue weighted by Crippen LogP contribution is 2.30. The van der Waals surface area contributed by atoms with E-state index in [1.54, 1.807) is 42.7 Å². The van der Waals surface area contributed by atoms with Gasteiger partial charge in [-0.2, -0.15) is 0 Å². The van der Waals surface area contributed by atoms with Crippen molar-refractivity contribution < 1.29 is 9.53 Å². The molecule has 0 saturated carbocycles. The van der Waals surface area contributed by atoms with Gasteiger partial charge in [0.2, 0.25) is 0 Å². The van der Waals surface area contributed by atoms with Gasteiger partial charge in [-0.15, -0.1) is 11.3 Å². The molecule has 6 heteroatoms. The average Bonchev–Trinajstić information content (AvgIpc) is 2.95. The van der Waals surface area contributed by atoms with Crippen molar-refractivity contribution in [2.45, 2.75) is 26.3 Å². The molecular weight excluding hydrogens is 286 g/mol. The second-order valence-electron chi connectivity index (χ2n) is 5.11. The maximum absolute atomic E-state index is 12.1. The van der Waals surface area contributed by atoms with Crippen LogP contribution in [0.3, 0.4) is 0 Å². The van der Waals surface area contributed by atoms with Gasteiger partial charge in [-0.3, -0.25) is 0 Å². The lowest BCUT2D eigenvalue weighted by molar-refractivity contribution is 0.0527. The number of nitrogens with one attached hydrogen (secondary N) is 1. The van der Waals surface area contributed by atoms with E-state index in [0.29, 0.717) is 23.5 Å². The van der Waals surface area contributed by atoms with Gasteiger partial charge in [0.1, 0.15) is 5.01 Å². The molecule has 0 aliphatic rings. The molecule has 0 amide bonds. The fraction of sp³-hybridized carbons (Fsp3) is 0.333. The summed E-state index contributed by atoms with van der Waals surface area (Å²) >= 11 is 1.56. The zero-order chi connectivity index (χ0) is 15.5. The van der Waals surface area contributed by atoms with E-state index in [2.05, 4.69) is 10.3 Å². The lowest BCUT2D eigenvalue weighted by Crippen LogP contribution is -2.29. The van der Waals surface area contributed by atoms with Crippen molar-refractivity contribution in [3.63, 3.8) is 0 Å². The van der Waals surface area contributed by atoms with E-state index in [0.717, 1.165) is 5.01 Å². The molecule has 0 spiro atoms. The fourth-order valence-corrected chi connectivity index (χ4v) is 2.69. The number of ether oxygens (including phenoxy) is 1. The van der Waals surface area contributed by atoms with Gasteiger partial charge >= 0.3 is 5.97 Å². The Kier molecular flexibility index (Phi) is 4.47. The van der Waals surface area contributed by atoms with Crippen molar-refractivity contribution in [1.29, 1.82) is 0 Å². The molecule has 1 aromatic heterocycles. The molecule has 2 aromatic rings. The summed E-state index contributed by atoms with van der Waals surface area (Å²) in [6.45, 7) is 6.12. The summed E-state index contributed by atoms with van der Waals surface area (Å²) < 4.78 is 5.08. The lowest BCUT2D eigenvalue weighted by Gasteiger charge is -2.26. The van der Waals surface area contributed by atoms with Crippen molar-refractivity contribution in [3.05, 3.63) is 40.3 Å². The number of anilines is 2. The SMILES string of the molecule is CCOC(=O)c1cc(N)ccc1NC(C)(C)c1nccs1. The molecule has 2 rings (SSSR count). The van der Waals surface area contributed by atoms with Crippen LogP contribution in [0.2, 0.25) is 0 Å². The summed E-state index contributed by atoms with van der Waals surface area (Å²) in [6, 6.07) is 5.16. The Morgan fingerprint density at radius 1 is 1.48 bits per heavy atom. The van der Waals surface area contributed by atoms with Crippen LogP contribution in [0.1, 0.15) is 36.1 Å². The number of rotatable bonds is 5. The third-order valence-corrected chi connectivity index (χ3v) is 4.05. The van der Waals surface area contributed by atoms with Gasteiger partial charge in [-0.25, -0.2) is 9.78 Å². The van der Waals surface area contributed by atoms with Crippen LogP contribution in [0.25, 0.3) is 0 Å². The van der Waals surface area contributed by atoms with Gasteiger partial charge in [0, 0.05) is 23.0 Å². The van der Waals surface area contributed by atoms with Crippen LogP contribution in [0.5, 0.6) is 0 Å². The van der Waals surface area contributed by atoms with Crippen molar-refractivity contribution in [3.8, 4) is 0 Å². The van der Waals surface area contributed by atoms with Crippen LogP contribution in [0.4, 0.5) is 11.4 Å². The number of nitrogens with zero attached hydrogens (tertiary/aromatic N) is 1. The van der Waals surface area contributed by atoms with E-state index < -0.39 is 5.54 Å². The average molecular weight is 305 g/mol. The summed E-state index contributed by atoms with van der Waals surface area (Å²) in [5.74, 6) is -0.387. The molecule has 0 radical (unpaired) electrons. The van der Waals surface area contributed by atoms with E-state index in [9.17, 15) is 4.79 Å². The Bertz CT molecular complexity index is 624. The van der Waals surface area contributed by atoms with E-state index in [4.69, 9.17) is 10.5 Å². The maximum Gasteiger partial charge on any atom is 0.340 e. The number of hydrogen-bond donors (Lipinski definition) is 2. The quantitative estimate of drug-likeness (QED) is 0.655. The Morgan fingerprint density at radius 3 is 2.86 bits per heavy atom. The van der Waals surface area contributed by atoms with E-state index >= 15 is 0 Å². The molecule has 0 bridgehead atoms. The predicted octanol–water partition coefficient (Wildman–Crippen LogP) is 3.25. The van der Waals surface area contributed by atoms with Gasteiger partial charge < -0.3 is 15.8 Å². The van der Waals surface area contributed by atoms with E-state index in [1.165, 1.54) is 0 Å². The largest absolute Gasteiger partial charge is 0.462 e. The Labute approximate surface area is 128 Å². The molecule has 0 atom stereocenters. The van der Waals surface area contributed by atoms with Crippen molar-refractivity contribution >= 4 is 28.7 Å². The Morgan fingerprint density at radius 2 is 2.24 bits per heavy atom. The first-order valence-electron chi connectivity index (χ1n) is 6.69. The number of nitrogens with two attached hydrogens (primary N) is 1. The summed E-state index contributed by atoms with van der Waals surface area (Å²) in [6.07, 6.45) is 1.76.